The van der Waals surface area contributed by atoms with Gasteiger partial charge in [0.15, 0.2) is 0 Å². The van der Waals surface area contributed by atoms with Gasteiger partial charge in [-0.1, -0.05) is 42.5 Å². The standard InChI is InChI=1S/C24H24FN3O4/c1-15(29)26-21(13-17-8-3-5-9-19(17)25)23(30)28-22(24(31)32-2)14-18-12-11-16-7-4-6-10-20(16)27-18/h3-12,21-22H,13-14H2,1-2H3,(H,26,29)(H,28,30)/t21-,22+/m0/s1. The maximum Gasteiger partial charge on any atom is 0.328 e. The minimum Gasteiger partial charge on any atom is -0.467 e. The molecule has 0 saturated heterocycles. The van der Waals surface area contributed by atoms with Crippen LogP contribution in [0.5, 0.6) is 0 Å². The van der Waals surface area contributed by atoms with Gasteiger partial charge in [0, 0.05) is 30.8 Å². The van der Waals surface area contributed by atoms with Crippen molar-refractivity contribution in [2.75, 3.05) is 7.11 Å². The zero-order chi connectivity index (χ0) is 23.1. The Morgan fingerprint density at radius 1 is 0.938 bits per heavy atom. The number of benzene rings is 2. The van der Waals surface area contributed by atoms with Crippen LogP contribution in [-0.2, 0) is 32.0 Å². The van der Waals surface area contributed by atoms with Crippen molar-refractivity contribution in [3.05, 3.63) is 77.7 Å². The van der Waals surface area contributed by atoms with E-state index in [1.807, 2.05) is 30.3 Å². The molecule has 8 heteroatoms. The van der Waals surface area contributed by atoms with Crippen LogP contribution in [0, 0.1) is 5.82 Å². The van der Waals surface area contributed by atoms with Crippen molar-refractivity contribution in [1.29, 1.82) is 0 Å². The minimum absolute atomic E-state index is 0.0692. The second kappa shape index (κ2) is 10.5. The highest BCUT2D eigenvalue weighted by Gasteiger charge is 2.28. The predicted molar refractivity (Wildman–Crippen MR) is 117 cm³/mol. The van der Waals surface area contributed by atoms with Crippen LogP contribution in [0.15, 0.2) is 60.7 Å². The smallest absolute Gasteiger partial charge is 0.328 e. The van der Waals surface area contributed by atoms with Gasteiger partial charge in [-0.25, -0.2) is 9.18 Å². The number of amides is 2. The van der Waals surface area contributed by atoms with Gasteiger partial charge < -0.3 is 15.4 Å². The molecular weight excluding hydrogens is 413 g/mol. The Bertz CT molecular complexity index is 1130. The minimum atomic E-state index is -1.07. The molecule has 2 amide bonds. The van der Waals surface area contributed by atoms with Crippen molar-refractivity contribution in [2.24, 2.45) is 0 Å². The molecule has 2 aromatic carbocycles. The highest BCUT2D eigenvalue weighted by atomic mass is 19.1. The number of pyridine rings is 1. The van der Waals surface area contributed by atoms with E-state index in [-0.39, 0.29) is 18.4 Å². The molecule has 0 fully saturated rings. The van der Waals surface area contributed by atoms with Crippen molar-refractivity contribution in [3.63, 3.8) is 0 Å². The monoisotopic (exact) mass is 437 g/mol. The average molecular weight is 437 g/mol. The van der Waals surface area contributed by atoms with Gasteiger partial charge >= 0.3 is 5.97 Å². The summed E-state index contributed by atoms with van der Waals surface area (Å²) in [4.78, 5) is 41.5. The second-order valence-electron chi connectivity index (χ2n) is 7.33. The lowest BCUT2D eigenvalue weighted by Crippen LogP contribution is -2.53. The lowest BCUT2D eigenvalue weighted by molar-refractivity contribution is -0.145. The van der Waals surface area contributed by atoms with Gasteiger partial charge in [-0.2, -0.15) is 0 Å². The van der Waals surface area contributed by atoms with Crippen molar-refractivity contribution in [3.8, 4) is 0 Å². The number of hydrogen-bond acceptors (Lipinski definition) is 5. The zero-order valence-electron chi connectivity index (χ0n) is 17.8. The Morgan fingerprint density at radius 3 is 2.38 bits per heavy atom. The van der Waals surface area contributed by atoms with Gasteiger partial charge in [0.25, 0.3) is 0 Å². The fourth-order valence-corrected chi connectivity index (χ4v) is 3.38. The predicted octanol–water partition coefficient (Wildman–Crippen LogP) is 2.32. The largest absolute Gasteiger partial charge is 0.467 e. The highest BCUT2D eigenvalue weighted by Crippen LogP contribution is 2.14. The van der Waals surface area contributed by atoms with Crippen LogP contribution in [0.1, 0.15) is 18.2 Å². The normalized spacial score (nSPS) is 12.6. The third-order valence-electron chi connectivity index (χ3n) is 4.95. The molecule has 0 unspecified atom stereocenters. The molecule has 0 aliphatic carbocycles. The van der Waals surface area contributed by atoms with Crippen LogP contribution in [0.2, 0.25) is 0 Å². The van der Waals surface area contributed by atoms with Gasteiger partial charge in [-0.3, -0.25) is 14.6 Å². The molecular formula is C24H24FN3O4. The van der Waals surface area contributed by atoms with E-state index in [9.17, 15) is 18.8 Å². The summed E-state index contributed by atoms with van der Waals surface area (Å²) in [6.45, 7) is 1.26. The summed E-state index contributed by atoms with van der Waals surface area (Å²) in [5.74, 6) is -2.21. The first-order valence-corrected chi connectivity index (χ1v) is 10.1. The summed E-state index contributed by atoms with van der Waals surface area (Å²) in [7, 11) is 1.22. The fourth-order valence-electron chi connectivity index (χ4n) is 3.38. The molecule has 0 bridgehead atoms. The fraction of sp³-hybridized carbons (Fsp3) is 0.250. The van der Waals surface area contributed by atoms with Crippen molar-refractivity contribution < 1.29 is 23.5 Å². The van der Waals surface area contributed by atoms with Gasteiger partial charge in [0.05, 0.1) is 12.6 Å². The number of hydrogen-bond donors (Lipinski definition) is 2. The number of ether oxygens (including phenoxy) is 1. The van der Waals surface area contributed by atoms with Gasteiger partial charge in [-0.15, -0.1) is 0 Å². The van der Waals surface area contributed by atoms with Gasteiger partial charge in [0.2, 0.25) is 11.8 Å². The summed E-state index contributed by atoms with van der Waals surface area (Å²) in [6.07, 6.45) is 0.0238. The molecule has 0 radical (unpaired) electrons. The molecule has 0 spiro atoms. The number of carbonyl (C=O) groups excluding carboxylic acids is 3. The number of esters is 1. The summed E-state index contributed by atoms with van der Waals surface area (Å²) < 4.78 is 18.9. The quantitative estimate of drug-likeness (QED) is 0.527. The summed E-state index contributed by atoms with van der Waals surface area (Å²) in [5, 5.41) is 6.09. The van der Waals surface area contributed by atoms with Crippen LogP contribution in [-0.4, -0.2) is 42.0 Å². The first kappa shape index (κ1) is 22.9. The molecule has 166 valence electrons. The van der Waals surface area contributed by atoms with E-state index in [0.29, 0.717) is 5.69 Å². The first-order chi connectivity index (χ1) is 15.4. The number of methoxy groups -OCH3 is 1. The second-order valence-corrected chi connectivity index (χ2v) is 7.33. The van der Waals surface area contributed by atoms with Crippen molar-refractivity contribution in [1.82, 2.24) is 15.6 Å². The molecule has 7 nitrogen and oxygen atoms in total. The topological polar surface area (TPSA) is 97.4 Å². The number of rotatable bonds is 8. The maximum absolute atomic E-state index is 14.1. The number of para-hydroxylation sites is 1. The summed E-state index contributed by atoms with van der Waals surface area (Å²) >= 11 is 0. The molecule has 2 N–H and O–H groups in total. The van der Waals surface area contributed by atoms with Crippen LogP contribution in [0.25, 0.3) is 10.9 Å². The summed E-state index contributed by atoms with van der Waals surface area (Å²) in [5.41, 5.74) is 1.62. The van der Waals surface area contributed by atoms with Gasteiger partial charge in [0.1, 0.15) is 17.9 Å². The first-order valence-electron chi connectivity index (χ1n) is 10.1. The van der Waals surface area contributed by atoms with Crippen molar-refractivity contribution in [2.45, 2.75) is 31.8 Å². The van der Waals surface area contributed by atoms with Crippen molar-refractivity contribution >= 4 is 28.7 Å². The van der Waals surface area contributed by atoms with E-state index in [2.05, 4.69) is 15.6 Å². The van der Waals surface area contributed by atoms with E-state index in [4.69, 9.17) is 4.74 Å². The lowest BCUT2D eigenvalue weighted by atomic mass is 10.0. The Kier molecular flexibility index (Phi) is 7.49. The van der Waals surface area contributed by atoms with Crippen LogP contribution >= 0.6 is 0 Å². The van der Waals surface area contributed by atoms with Gasteiger partial charge in [-0.05, 0) is 23.8 Å². The number of carbonyl (C=O) groups is 3. The van der Waals surface area contributed by atoms with E-state index >= 15 is 0 Å². The molecule has 2 atom stereocenters. The Hall–Kier alpha value is -3.81. The zero-order valence-corrected chi connectivity index (χ0v) is 17.8. The highest BCUT2D eigenvalue weighted by molar-refractivity contribution is 5.90. The molecule has 3 rings (SSSR count). The third-order valence-corrected chi connectivity index (χ3v) is 4.95. The Balaban J connectivity index is 1.79. The molecule has 0 saturated carbocycles. The Labute approximate surface area is 185 Å². The average Bonchev–Trinajstić information content (AvgIpc) is 2.78. The van der Waals surface area contributed by atoms with Crippen LogP contribution < -0.4 is 10.6 Å². The Morgan fingerprint density at radius 2 is 1.66 bits per heavy atom. The lowest BCUT2D eigenvalue weighted by Gasteiger charge is -2.22. The maximum atomic E-state index is 14.1. The molecule has 32 heavy (non-hydrogen) atoms. The van der Waals surface area contributed by atoms with E-state index in [0.717, 1.165) is 10.9 Å². The number of nitrogens with zero attached hydrogens (tertiary/aromatic N) is 1. The number of fused-ring (bicyclic) bond motifs is 1. The SMILES string of the molecule is COC(=O)[C@@H](Cc1ccc2ccccc2n1)NC(=O)[C@H](Cc1ccccc1F)NC(C)=O. The number of nitrogens with one attached hydrogen (secondary N) is 2. The number of halogens is 1. The van der Waals surface area contributed by atoms with E-state index in [1.165, 1.54) is 32.2 Å². The summed E-state index contributed by atoms with van der Waals surface area (Å²) in [6, 6.07) is 15.1. The van der Waals surface area contributed by atoms with Crippen LogP contribution in [0.3, 0.4) is 0 Å². The molecule has 0 aliphatic heterocycles. The molecule has 3 aromatic rings. The van der Waals surface area contributed by atoms with E-state index in [1.54, 1.807) is 12.1 Å². The molecule has 1 aromatic heterocycles. The number of aromatic nitrogens is 1. The third kappa shape index (κ3) is 5.87. The van der Waals surface area contributed by atoms with Crippen LogP contribution in [0.4, 0.5) is 4.39 Å². The molecule has 0 aliphatic rings. The molecule has 1 heterocycles. The van der Waals surface area contributed by atoms with E-state index < -0.39 is 35.7 Å².